The average molecular weight is 424 g/mol. The molecule has 160 valence electrons. The van der Waals surface area contributed by atoms with Gasteiger partial charge in [-0.2, -0.15) is 0 Å². The zero-order valence-corrected chi connectivity index (χ0v) is 18.2. The molecule has 1 heterocycles. The average Bonchev–Trinajstić information content (AvgIpc) is 2.82. The van der Waals surface area contributed by atoms with E-state index in [1.54, 1.807) is 0 Å². The first-order chi connectivity index (χ1) is 15.6. The normalized spacial score (nSPS) is 10.7. The third-order valence-corrected chi connectivity index (χ3v) is 5.41. The van der Waals surface area contributed by atoms with Crippen LogP contribution in [0.2, 0.25) is 0 Å². The highest BCUT2D eigenvalue weighted by molar-refractivity contribution is 6.15. The maximum Gasteiger partial charge on any atom is 0.254 e. The molecular formula is C27H25N3O2. The highest BCUT2D eigenvalue weighted by atomic mass is 16.2. The minimum absolute atomic E-state index is 0.254. The van der Waals surface area contributed by atoms with Crippen LogP contribution in [0.5, 0.6) is 0 Å². The number of para-hydroxylation sites is 1. The zero-order chi connectivity index (χ0) is 22.5. The van der Waals surface area contributed by atoms with Gasteiger partial charge in [0.15, 0.2) is 0 Å². The van der Waals surface area contributed by atoms with Crippen LogP contribution in [0, 0.1) is 0 Å². The summed E-state index contributed by atoms with van der Waals surface area (Å²) in [6, 6.07) is 25.1. The summed E-state index contributed by atoms with van der Waals surface area (Å²) in [6.45, 7) is 3.93. The third kappa shape index (κ3) is 4.37. The van der Waals surface area contributed by atoms with E-state index < -0.39 is 0 Å². The van der Waals surface area contributed by atoms with Crippen molar-refractivity contribution in [2.75, 3.05) is 5.32 Å². The molecule has 0 aliphatic rings. The molecule has 0 radical (unpaired) electrons. The minimum atomic E-state index is -0.260. The van der Waals surface area contributed by atoms with Gasteiger partial charge in [-0.25, -0.2) is 4.98 Å². The molecule has 0 bridgehead atoms. The maximum atomic E-state index is 13.5. The molecule has 5 nitrogen and oxygen atoms in total. The Morgan fingerprint density at radius 2 is 1.50 bits per heavy atom. The van der Waals surface area contributed by atoms with E-state index in [1.165, 1.54) is 12.5 Å². The van der Waals surface area contributed by atoms with Crippen molar-refractivity contribution in [3.63, 3.8) is 0 Å². The van der Waals surface area contributed by atoms with E-state index in [-0.39, 0.29) is 11.8 Å². The molecule has 0 atom stereocenters. The number of hydrogen-bond acceptors (Lipinski definition) is 3. The fraction of sp³-hybridized carbons (Fsp3) is 0.148. The zero-order valence-electron chi connectivity index (χ0n) is 18.2. The highest BCUT2D eigenvalue weighted by Gasteiger charge is 2.22. The Kier molecular flexibility index (Phi) is 6.26. The molecule has 5 heteroatoms. The van der Waals surface area contributed by atoms with Gasteiger partial charge < -0.3 is 10.6 Å². The van der Waals surface area contributed by atoms with Crippen molar-refractivity contribution in [2.24, 2.45) is 0 Å². The first-order valence-corrected chi connectivity index (χ1v) is 10.7. The lowest BCUT2D eigenvalue weighted by atomic mass is 9.99. The molecule has 4 aromatic rings. The van der Waals surface area contributed by atoms with Gasteiger partial charge in [0.2, 0.25) is 5.91 Å². The molecule has 0 saturated heterocycles. The maximum absolute atomic E-state index is 13.5. The number of fused-ring (bicyclic) bond motifs is 1. The summed E-state index contributed by atoms with van der Waals surface area (Å²) >= 11 is 0. The molecule has 0 aliphatic heterocycles. The SMILES string of the molecule is CCc1ccccc1CNC(=O)c1c(NC(C)=O)c(-c2ccccc2)nc2ccccc12. The standard InChI is InChI=1S/C27H25N3O2/c1-3-19-11-7-8-14-21(19)17-28-27(32)24-22-15-9-10-16-23(22)30-25(26(24)29-18(2)31)20-12-5-4-6-13-20/h4-16H,3,17H2,1-2H3,(H,28,32)(H,29,31). The number of anilines is 1. The van der Waals surface area contributed by atoms with Gasteiger partial charge >= 0.3 is 0 Å². The van der Waals surface area contributed by atoms with Gasteiger partial charge in [0.1, 0.15) is 0 Å². The molecule has 32 heavy (non-hydrogen) atoms. The van der Waals surface area contributed by atoms with E-state index in [0.717, 1.165) is 17.5 Å². The Labute approximate surface area is 187 Å². The molecule has 1 aromatic heterocycles. The van der Waals surface area contributed by atoms with Crippen molar-refractivity contribution in [3.8, 4) is 11.3 Å². The van der Waals surface area contributed by atoms with Gasteiger partial charge in [0, 0.05) is 24.4 Å². The predicted octanol–water partition coefficient (Wildman–Crippen LogP) is 5.35. The van der Waals surface area contributed by atoms with Crippen LogP contribution in [-0.4, -0.2) is 16.8 Å². The van der Waals surface area contributed by atoms with Gasteiger partial charge in [-0.1, -0.05) is 79.7 Å². The molecule has 2 amide bonds. The molecule has 0 unspecified atom stereocenters. The van der Waals surface area contributed by atoms with E-state index in [0.29, 0.717) is 34.4 Å². The fourth-order valence-electron chi connectivity index (χ4n) is 3.89. The second-order valence-corrected chi connectivity index (χ2v) is 7.58. The molecule has 4 rings (SSSR count). The Morgan fingerprint density at radius 3 is 2.22 bits per heavy atom. The number of carbonyl (C=O) groups is 2. The van der Waals surface area contributed by atoms with Gasteiger partial charge in [0.05, 0.1) is 22.5 Å². The topological polar surface area (TPSA) is 71.1 Å². The van der Waals surface area contributed by atoms with Gasteiger partial charge in [-0.05, 0) is 23.6 Å². The van der Waals surface area contributed by atoms with E-state index >= 15 is 0 Å². The fourth-order valence-corrected chi connectivity index (χ4v) is 3.89. The van der Waals surface area contributed by atoms with Crippen molar-refractivity contribution in [3.05, 3.63) is 95.6 Å². The number of benzene rings is 3. The number of amides is 2. The van der Waals surface area contributed by atoms with Crippen LogP contribution in [0.3, 0.4) is 0 Å². The van der Waals surface area contributed by atoms with Crippen LogP contribution in [0.4, 0.5) is 5.69 Å². The van der Waals surface area contributed by atoms with Crippen LogP contribution in [0.25, 0.3) is 22.2 Å². The molecule has 0 spiro atoms. The van der Waals surface area contributed by atoms with Crippen molar-refractivity contribution in [2.45, 2.75) is 26.8 Å². The van der Waals surface area contributed by atoms with E-state index in [1.807, 2.05) is 72.8 Å². The number of carbonyl (C=O) groups excluding carboxylic acids is 2. The summed E-state index contributed by atoms with van der Waals surface area (Å²) in [6.07, 6.45) is 0.888. The lowest BCUT2D eigenvalue weighted by molar-refractivity contribution is -0.114. The summed E-state index contributed by atoms with van der Waals surface area (Å²) in [5.41, 5.74) is 5.19. The Balaban J connectivity index is 1.84. The molecule has 0 aliphatic carbocycles. The number of nitrogens with zero attached hydrogens (tertiary/aromatic N) is 1. The largest absolute Gasteiger partial charge is 0.348 e. The van der Waals surface area contributed by atoms with E-state index in [2.05, 4.69) is 23.6 Å². The van der Waals surface area contributed by atoms with Gasteiger partial charge in [0.25, 0.3) is 5.91 Å². The van der Waals surface area contributed by atoms with Crippen molar-refractivity contribution in [1.29, 1.82) is 0 Å². The first-order valence-electron chi connectivity index (χ1n) is 10.7. The van der Waals surface area contributed by atoms with Crippen LogP contribution in [0.15, 0.2) is 78.9 Å². The molecule has 0 saturated carbocycles. The number of aromatic nitrogens is 1. The summed E-state index contributed by atoms with van der Waals surface area (Å²) in [5.74, 6) is -0.514. The number of hydrogen-bond donors (Lipinski definition) is 2. The first kappa shape index (κ1) is 21.2. The molecule has 2 N–H and O–H groups in total. The highest BCUT2D eigenvalue weighted by Crippen LogP contribution is 2.34. The molecular weight excluding hydrogens is 398 g/mol. The Bertz CT molecular complexity index is 1280. The number of rotatable bonds is 6. The number of nitrogens with one attached hydrogen (secondary N) is 2. The lowest BCUT2D eigenvalue weighted by Gasteiger charge is -2.18. The second kappa shape index (κ2) is 9.43. The predicted molar refractivity (Wildman–Crippen MR) is 128 cm³/mol. The number of aryl methyl sites for hydroxylation is 1. The summed E-state index contributed by atoms with van der Waals surface area (Å²) in [5, 5.41) is 6.62. The summed E-state index contributed by atoms with van der Waals surface area (Å²) in [7, 11) is 0. The summed E-state index contributed by atoms with van der Waals surface area (Å²) < 4.78 is 0. The van der Waals surface area contributed by atoms with E-state index in [9.17, 15) is 9.59 Å². The third-order valence-electron chi connectivity index (χ3n) is 5.41. The van der Waals surface area contributed by atoms with Crippen LogP contribution in [0.1, 0.15) is 35.3 Å². The molecule has 0 fully saturated rings. The smallest absolute Gasteiger partial charge is 0.254 e. The second-order valence-electron chi connectivity index (χ2n) is 7.58. The lowest BCUT2D eigenvalue weighted by Crippen LogP contribution is -2.26. The van der Waals surface area contributed by atoms with Crippen LogP contribution < -0.4 is 10.6 Å². The summed E-state index contributed by atoms with van der Waals surface area (Å²) in [4.78, 5) is 30.4. The molecule has 3 aromatic carbocycles. The van der Waals surface area contributed by atoms with Crippen molar-refractivity contribution >= 4 is 28.4 Å². The van der Waals surface area contributed by atoms with Gasteiger partial charge in [-0.15, -0.1) is 0 Å². The van der Waals surface area contributed by atoms with E-state index in [4.69, 9.17) is 4.98 Å². The Morgan fingerprint density at radius 1 is 0.844 bits per heavy atom. The monoisotopic (exact) mass is 423 g/mol. The van der Waals surface area contributed by atoms with Crippen LogP contribution >= 0.6 is 0 Å². The van der Waals surface area contributed by atoms with Crippen molar-refractivity contribution in [1.82, 2.24) is 10.3 Å². The van der Waals surface area contributed by atoms with Crippen LogP contribution in [-0.2, 0) is 17.8 Å². The quantitative estimate of drug-likeness (QED) is 0.439. The van der Waals surface area contributed by atoms with Crippen molar-refractivity contribution < 1.29 is 9.59 Å². The van der Waals surface area contributed by atoms with Gasteiger partial charge in [-0.3, -0.25) is 9.59 Å². The minimum Gasteiger partial charge on any atom is -0.348 e. The number of pyridine rings is 1. The Hall–Kier alpha value is -3.99.